The van der Waals surface area contributed by atoms with E-state index in [9.17, 15) is 13.6 Å². The molecule has 0 fully saturated rings. The number of hydrogen-bond donors (Lipinski definition) is 0. The fourth-order valence-electron chi connectivity index (χ4n) is 2.03. The molecule has 0 aliphatic rings. The summed E-state index contributed by atoms with van der Waals surface area (Å²) in [6.45, 7) is 6.30. The molecule has 0 saturated heterocycles. The van der Waals surface area contributed by atoms with Gasteiger partial charge in [0.2, 0.25) is 0 Å². The third kappa shape index (κ3) is 3.84. The van der Waals surface area contributed by atoms with Gasteiger partial charge in [0.25, 0.3) is 0 Å². The molecule has 0 heterocycles. The Morgan fingerprint density at radius 3 is 2.55 bits per heavy atom. The number of halogens is 2. The fraction of sp³-hybridized carbons (Fsp3) is 0.467. The van der Waals surface area contributed by atoms with E-state index in [1.165, 1.54) is 0 Å². The summed E-state index contributed by atoms with van der Waals surface area (Å²) < 4.78 is 26.5. The van der Waals surface area contributed by atoms with Crippen LogP contribution in [0.1, 0.15) is 31.1 Å². The molecule has 0 aliphatic heterocycles. The lowest BCUT2D eigenvalue weighted by molar-refractivity contribution is 0.0831. The van der Waals surface area contributed by atoms with Gasteiger partial charge in [-0.15, -0.1) is 0 Å². The average molecular weight is 280 g/mol. The molecular formula is C15H18F2N2O. The second-order valence-corrected chi connectivity index (χ2v) is 4.78. The molecule has 0 saturated carbocycles. The molecule has 0 bridgehead atoms. The Kier molecular flexibility index (Phi) is 5.78. The van der Waals surface area contributed by atoms with Gasteiger partial charge in [-0.1, -0.05) is 6.92 Å². The van der Waals surface area contributed by atoms with Gasteiger partial charge < -0.3 is 0 Å². The van der Waals surface area contributed by atoms with Gasteiger partial charge in [-0.05, 0) is 32.5 Å². The highest BCUT2D eigenvalue weighted by atomic mass is 19.1. The van der Waals surface area contributed by atoms with Crippen molar-refractivity contribution in [1.82, 2.24) is 4.90 Å². The number of carbonyl (C=O) groups excluding carboxylic acids is 1. The van der Waals surface area contributed by atoms with Crippen molar-refractivity contribution >= 4 is 5.78 Å². The molecule has 0 aromatic heterocycles. The van der Waals surface area contributed by atoms with Gasteiger partial charge >= 0.3 is 0 Å². The summed E-state index contributed by atoms with van der Waals surface area (Å²) in [6.07, 6.45) is 0. The van der Waals surface area contributed by atoms with Crippen molar-refractivity contribution in [1.29, 1.82) is 5.26 Å². The monoisotopic (exact) mass is 280 g/mol. The zero-order chi connectivity index (χ0) is 15.3. The number of carbonyl (C=O) groups is 1. The van der Waals surface area contributed by atoms with Crippen molar-refractivity contribution in [3.63, 3.8) is 0 Å². The Balaban J connectivity index is 2.92. The third-order valence-corrected chi connectivity index (χ3v) is 3.26. The van der Waals surface area contributed by atoms with E-state index in [-0.39, 0.29) is 11.5 Å². The molecule has 5 heteroatoms. The number of rotatable bonds is 6. The molecule has 0 aliphatic carbocycles. The average Bonchev–Trinajstić information content (AvgIpc) is 2.43. The predicted molar refractivity (Wildman–Crippen MR) is 72.2 cm³/mol. The highest BCUT2D eigenvalue weighted by Crippen LogP contribution is 2.15. The van der Waals surface area contributed by atoms with Crippen molar-refractivity contribution in [3.8, 4) is 6.07 Å². The Hall–Kier alpha value is -1.80. The molecular weight excluding hydrogens is 262 g/mol. The highest BCUT2D eigenvalue weighted by molar-refractivity contribution is 6.00. The minimum Gasteiger partial charge on any atom is -0.292 e. The molecule has 1 aromatic carbocycles. The van der Waals surface area contributed by atoms with E-state index >= 15 is 0 Å². The SMILES string of the molecule is CCN(CC(C)C#N)C(C)C(=O)c1ccc(F)cc1F. The number of nitrogens with zero attached hydrogens (tertiary/aromatic N) is 2. The van der Waals surface area contributed by atoms with Crippen LogP contribution in [0.2, 0.25) is 0 Å². The molecule has 0 N–H and O–H groups in total. The maximum atomic E-state index is 13.6. The molecule has 2 atom stereocenters. The summed E-state index contributed by atoms with van der Waals surface area (Å²) in [5, 5.41) is 8.83. The number of hydrogen-bond acceptors (Lipinski definition) is 3. The second kappa shape index (κ2) is 7.11. The van der Waals surface area contributed by atoms with Crippen LogP contribution in [0.5, 0.6) is 0 Å². The van der Waals surface area contributed by atoms with E-state index in [0.717, 1.165) is 12.1 Å². The van der Waals surface area contributed by atoms with Crippen molar-refractivity contribution in [2.45, 2.75) is 26.8 Å². The van der Waals surface area contributed by atoms with Crippen molar-refractivity contribution in [2.75, 3.05) is 13.1 Å². The lowest BCUT2D eigenvalue weighted by atomic mass is 10.0. The number of nitriles is 1. The summed E-state index contributed by atoms with van der Waals surface area (Å²) >= 11 is 0. The Morgan fingerprint density at radius 2 is 2.05 bits per heavy atom. The predicted octanol–water partition coefficient (Wildman–Crippen LogP) is 3.02. The topological polar surface area (TPSA) is 44.1 Å². The van der Waals surface area contributed by atoms with Gasteiger partial charge in [0.15, 0.2) is 5.78 Å². The number of benzene rings is 1. The minimum atomic E-state index is -0.855. The highest BCUT2D eigenvalue weighted by Gasteiger charge is 2.24. The molecule has 2 unspecified atom stereocenters. The van der Waals surface area contributed by atoms with Crippen LogP contribution in [-0.2, 0) is 0 Å². The van der Waals surface area contributed by atoms with Gasteiger partial charge in [0, 0.05) is 12.6 Å². The lowest BCUT2D eigenvalue weighted by Crippen LogP contribution is -2.41. The van der Waals surface area contributed by atoms with E-state index in [0.29, 0.717) is 19.2 Å². The van der Waals surface area contributed by atoms with E-state index in [2.05, 4.69) is 6.07 Å². The number of likely N-dealkylation sites (N-methyl/N-ethyl adjacent to an activating group) is 1. The molecule has 0 radical (unpaired) electrons. The number of Topliss-reactive ketones (excluding diaryl/α,β-unsaturated/α-hetero) is 1. The summed E-state index contributed by atoms with van der Waals surface area (Å²) in [5.41, 5.74) is -0.123. The van der Waals surface area contributed by atoms with E-state index in [1.807, 2.05) is 6.92 Å². The zero-order valence-electron chi connectivity index (χ0n) is 11.9. The molecule has 1 aromatic rings. The van der Waals surface area contributed by atoms with Gasteiger partial charge in [0.05, 0.1) is 23.6 Å². The molecule has 0 spiro atoms. The van der Waals surface area contributed by atoms with Crippen LogP contribution in [0.4, 0.5) is 8.78 Å². The van der Waals surface area contributed by atoms with Crippen LogP contribution in [-0.4, -0.2) is 29.8 Å². The van der Waals surface area contributed by atoms with Gasteiger partial charge in [-0.25, -0.2) is 8.78 Å². The molecule has 1 rings (SSSR count). The third-order valence-electron chi connectivity index (χ3n) is 3.26. The molecule has 108 valence electrons. The quantitative estimate of drug-likeness (QED) is 0.752. The first-order valence-electron chi connectivity index (χ1n) is 6.53. The fourth-order valence-corrected chi connectivity index (χ4v) is 2.03. The summed E-state index contributed by atoms with van der Waals surface area (Å²) in [4.78, 5) is 14.1. The summed E-state index contributed by atoms with van der Waals surface area (Å²) in [6, 6.07) is 4.47. The van der Waals surface area contributed by atoms with Crippen molar-refractivity contribution < 1.29 is 13.6 Å². The largest absolute Gasteiger partial charge is 0.292 e. The van der Waals surface area contributed by atoms with Crippen LogP contribution in [0, 0.1) is 28.9 Å². The molecule has 20 heavy (non-hydrogen) atoms. The van der Waals surface area contributed by atoms with Crippen LogP contribution in [0.25, 0.3) is 0 Å². The molecule has 0 amide bonds. The Bertz CT molecular complexity index is 525. The Morgan fingerprint density at radius 1 is 1.40 bits per heavy atom. The van der Waals surface area contributed by atoms with Crippen LogP contribution in [0.15, 0.2) is 18.2 Å². The van der Waals surface area contributed by atoms with Crippen LogP contribution in [0.3, 0.4) is 0 Å². The lowest BCUT2D eigenvalue weighted by Gasteiger charge is -2.27. The first-order valence-corrected chi connectivity index (χ1v) is 6.53. The first kappa shape index (κ1) is 16.3. The second-order valence-electron chi connectivity index (χ2n) is 4.78. The zero-order valence-corrected chi connectivity index (χ0v) is 11.9. The number of ketones is 1. The van der Waals surface area contributed by atoms with E-state index in [4.69, 9.17) is 5.26 Å². The molecule has 3 nitrogen and oxygen atoms in total. The van der Waals surface area contributed by atoms with Crippen molar-refractivity contribution in [2.24, 2.45) is 5.92 Å². The minimum absolute atomic E-state index is 0.123. The van der Waals surface area contributed by atoms with Gasteiger partial charge in [0.1, 0.15) is 11.6 Å². The van der Waals surface area contributed by atoms with E-state index in [1.54, 1.807) is 18.7 Å². The van der Waals surface area contributed by atoms with Crippen LogP contribution >= 0.6 is 0 Å². The Labute approximate surface area is 117 Å². The van der Waals surface area contributed by atoms with Gasteiger partial charge in [-0.2, -0.15) is 5.26 Å². The standard InChI is InChI=1S/C15H18F2N2O/c1-4-19(9-10(2)8-18)11(3)15(20)13-6-5-12(16)7-14(13)17/h5-7,10-11H,4,9H2,1-3H3. The van der Waals surface area contributed by atoms with Gasteiger partial charge in [-0.3, -0.25) is 9.69 Å². The summed E-state index contributed by atoms with van der Waals surface area (Å²) in [7, 11) is 0. The summed E-state index contributed by atoms with van der Waals surface area (Å²) in [5.74, 6) is -2.19. The smallest absolute Gasteiger partial charge is 0.182 e. The van der Waals surface area contributed by atoms with Crippen molar-refractivity contribution in [3.05, 3.63) is 35.4 Å². The van der Waals surface area contributed by atoms with E-state index < -0.39 is 23.5 Å². The normalized spacial score (nSPS) is 13.8. The maximum absolute atomic E-state index is 13.6. The first-order chi connectivity index (χ1) is 9.40. The maximum Gasteiger partial charge on any atom is 0.182 e. The van der Waals surface area contributed by atoms with Crippen LogP contribution < -0.4 is 0 Å².